The number of likely N-dealkylation sites (N-methyl/N-ethyl adjacent to an activating group) is 1. The van der Waals surface area contributed by atoms with E-state index in [9.17, 15) is 4.79 Å². The minimum absolute atomic E-state index is 0.137. The van der Waals surface area contributed by atoms with Gasteiger partial charge in [0.2, 0.25) is 0 Å². The number of aromatic nitrogens is 1. The molecule has 5 nitrogen and oxygen atoms in total. The zero-order valence-electron chi connectivity index (χ0n) is 13.8. The van der Waals surface area contributed by atoms with Crippen LogP contribution < -0.4 is 5.56 Å². The van der Waals surface area contributed by atoms with Crippen molar-refractivity contribution in [3.63, 3.8) is 0 Å². The second kappa shape index (κ2) is 6.94. The topological polar surface area (TPSA) is 37.7 Å². The Morgan fingerprint density at radius 1 is 1.27 bits per heavy atom. The van der Waals surface area contributed by atoms with E-state index >= 15 is 0 Å². The third-order valence-electron chi connectivity index (χ3n) is 4.89. The van der Waals surface area contributed by atoms with Crippen molar-refractivity contribution in [2.45, 2.75) is 31.8 Å². The van der Waals surface area contributed by atoms with Gasteiger partial charge in [-0.3, -0.25) is 9.69 Å². The molecule has 0 spiro atoms. The maximum absolute atomic E-state index is 12.3. The second-order valence-electron chi connectivity index (χ2n) is 6.65. The molecule has 1 aromatic rings. The van der Waals surface area contributed by atoms with Gasteiger partial charge in [-0.05, 0) is 32.5 Å². The summed E-state index contributed by atoms with van der Waals surface area (Å²) in [6.45, 7) is 5.54. The van der Waals surface area contributed by atoms with Crippen LogP contribution in [0.25, 0.3) is 0 Å². The van der Waals surface area contributed by atoms with Crippen LogP contribution in [0.2, 0.25) is 0 Å². The molecule has 2 aliphatic heterocycles. The van der Waals surface area contributed by atoms with E-state index in [1.807, 2.05) is 10.6 Å². The molecular weight excluding hydrogens is 278 g/mol. The molecule has 2 aliphatic rings. The SMILES string of the molecule is CN(C)CCn1c2c(ccc1=O)CCN(C1CCOC1)CC2. The van der Waals surface area contributed by atoms with Gasteiger partial charge in [0.15, 0.2) is 0 Å². The highest BCUT2D eigenvalue weighted by Crippen LogP contribution is 2.19. The molecule has 3 heterocycles. The van der Waals surface area contributed by atoms with E-state index in [4.69, 9.17) is 4.74 Å². The van der Waals surface area contributed by atoms with E-state index in [0.717, 1.165) is 58.7 Å². The summed E-state index contributed by atoms with van der Waals surface area (Å²) in [5.41, 5.74) is 2.73. The van der Waals surface area contributed by atoms with Crippen LogP contribution in [0.1, 0.15) is 17.7 Å². The van der Waals surface area contributed by atoms with Crippen LogP contribution >= 0.6 is 0 Å². The van der Waals surface area contributed by atoms with Gasteiger partial charge >= 0.3 is 0 Å². The van der Waals surface area contributed by atoms with Gasteiger partial charge in [-0.1, -0.05) is 6.07 Å². The van der Waals surface area contributed by atoms with Crippen LogP contribution in [0.15, 0.2) is 16.9 Å². The van der Waals surface area contributed by atoms with Crippen molar-refractivity contribution < 1.29 is 4.74 Å². The third-order valence-corrected chi connectivity index (χ3v) is 4.89. The molecule has 0 N–H and O–H groups in total. The smallest absolute Gasteiger partial charge is 0.250 e. The number of pyridine rings is 1. The molecule has 3 rings (SSSR count). The zero-order valence-corrected chi connectivity index (χ0v) is 13.8. The molecular formula is C17H27N3O2. The molecule has 0 aromatic carbocycles. The number of rotatable bonds is 4. The molecule has 0 amide bonds. The molecule has 0 saturated carbocycles. The highest BCUT2D eigenvalue weighted by Gasteiger charge is 2.26. The van der Waals surface area contributed by atoms with Gasteiger partial charge in [0, 0.05) is 57.0 Å². The third kappa shape index (κ3) is 3.42. The lowest BCUT2D eigenvalue weighted by Crippen LogP contribution is -2.37. The first kappa shape index (κ1) is 15.7. The average Bonchev–Trinajstić information content (AvgIpc) is 2.93. The Bertz CT molecular complexity index is 562. The largest absolute Gasteiger partial charge is 0.380 e. The number of ether oxygens (including phenoxy) is 1. The van der Waals surface area contributed by atoms with Crippen LogP contribution in [-0.2, 0) is 24.1 Å². The molecule has 1 unspecified atom stereocenters. The number of hydrogen-bond acceptors (Lipinski definition) is 4. The van der Waals surface area contributed by atoms with Crippen LogP contribution in [0.3, 0.4) is 0 Å². The van der Waals surface area contributed by atoms with Crippen molar-refractivity contribution in [1.82, 2.24) is 14.4 Å². The van der Waals surface area contributed by atoms with Crippen molar-refractivity contribution in [1.29, 1.82) is 0 Å². The molecule has 0 radical (unpaired) electrons. The Morgan fingerprint density at radius 2 is 2.09 bits per heavy atom. The molecule has 22 heavy (non-hydrogen) atoms. The zero-order chi connectivity index (χ0) is 15.5. The quantitative estimate of drug-likeness (QED) is 0.816. The number of nitrogens with zero attached hydrogens (tertiary/aromatic N) is 3. The highest BCUT2D eigenvalue weighted by molar-refractivity contribution is 5.23. The van der Waals surface area contributed by atoms with Crippen molar-refractivity contribution in [2.24, 2.45) is 0 Å². The van der Waals surface area contributed by atoms with Gasteiger partial charge in [0.25, 0.3) is 5.56 Å². The monoisotopic (exact) mass is 305 g/mol. The van der Waals surface area contributed by atoms with Gasteiger partial charge in [-0.15, -0.1) is 0 Å². The summed E-state index contributed by atoms with van der Waals surface area (Å²) in [7, 11) is 4.10. The van der Waals surface area contributed by atoms with Gasteiger partial charge in [0.1, 0.15) is 0 Å². The highest BCUT2D eigenvalue weighted by atomic mass is 16.5. The second-order valence-corrected chi connectivity index (χ2v) is 6.65. The Morgan fingerprint density at radius 3 is 2.82 bits per heavy atom. The molecule has 5 heteroatoms. The summed E-state index contributed by atoms with van der Waals surface area (Å²) in [4.78, 5) is 16.9. The van der Waals surface area contributed by atoms with Crippen LogP contribution in [0.5, 0.6) is 0 Å². The van der Waals surface area contributed by atoms with E-state index in [1.165, 1.54) is 11.3 Å². The van der Waals surface area contributed by atoms with Crippen LogP contribution in [-0.4, -0.2) is 67.4 Å². The lowest BCUT2D eigenvalue weighted by atomic mass is 10.1. The molecule has 1 aromatic heterocycles. The van der Waals surface area contributed by atoms with Crippen molar-refractivity contribution in [3.05, 3.63) is 33.7 Å². The fourth-order valence-corrected chi connectivity index (χ4v) is 3.53. The lowest BCUT2D eigenvalue weighted by molar-refractivity contribution is 0.146. The van der Waals surface area contributed by atoms with E-state index in [1.54, 1.807) is 6.07 Å². The molecule has 0 bridgehead atoms. The van der Waals surface area contributed by atoms with Crippen LogP contribution in [0, 0.1) is 0 Å². The predicted octanol–water partition coefficient (Wildman–Crippen LogP) is 0.599. The summed E-state index contributed by atoms with van der Waals surface area (Å²) in [5, 5.41) is 0. The summed E-state index contributed by atoms with van der Waals surface area (Å²) < 4.78 is 7.52. The molecule has 1 atom stereocenters. The van der Waals surface area contributed by atoms with Gasteiger partial charge in [-0.2, -0.15) is 0 Å². The number of fused-ring (bicyclic) bond motifs is 1. The van der Waals surface area contributed by atoms with Crippen molar-refractivity contribution in [2.75, 3.05) is 46.9 Å². The number of hydrogen-bond donors (Lipinski definition) is 0. The van der Waals surface area contributed by atoms with E-state index in [-0.39, 0.29) is 5.56 Å². The first-order valence-electron chi connectivity index (χ1n) is 8.33. The van der Waals surface area contributed by atoms with Crippen molar-refractivity contribution >= 4 is 0 Å². The van der Waals surface area contributed by atoms with Gasteiger partial charge in [0.05, 0.1) is 6.61 Å². The molecule has 122 valence electrons. The maximum Gasteiger partial charge on any atom is 0.250 e. The normalized spacial score (nSPS) is 22.8. The Kier molecular flexibility index (Phi) is 4.96. The predicted molar refractivity (Wildman–Crippen MR) is 87.5 cm³/mol. The molecule has 0 aliphatic carbocycles. The maximum atomic E-state index is 12.3. The van der Waals surface area contributed by atoms with E-state index in [2.05, 4.69) is 23.9 Å². The summed E-state index contributed by atoms with van der Waals surface area (Å²) in [5.74, 6) is 0. The Labute approximate surface area is 132 Å². The average molecular weight is 305 g/mol. The van der Waals surface area contributed by atoms with Gasteiger partial charge < -0.3 is 14.2 Å². The Hall–Kier alpha value is -1.17. The van der Waals surface area contributed by atoms with E-state index in [0.29, 0.717) is 6.04 Å². The molecule has 1 saturated heterocycles. The minimum Gasteiger partial charge on any atom is -0.380 e. The summed E-state index contributed by atoms with van der Waals surface area (Å²) in [6.07, 6.45) is 3.15. The summed E-state index contributed by atoms with van der Waals surface area (Å²) in [6, 6.07) is 4.35. The molecule has 1 fully saturated rings. The summed E-state index contributed by atoms with van der Waals surface area (Å²) >= 11 is 0. The standard InChI is InChI=1S/C17H27N3O2/c1-18(2)10-11-20-16-6-9-19(15-7-12-22-13-15)8-5-14(16)3-4-17(20)21/h3-4,15H,5-13H2,1-2H3. The van der Waals surface area contributed by atoms with E-state index < -0.39 is 0 Å². The van der Waals surface area contributed by atoms with Gasteiger partial charge in [-0.25, -0.2) is 0 Å². The van der Waals surface area contributed by atoms with Crippen LogP contribution in [0.4, 0.5) is 0 Å². The first-order chi connectivity index (χ1) is 10.6. The fraction of sp³-hybridized carbons (Fsp3) is 0.706. The lowest BCUT2D eigenvalue weighted by Gasteiger charge is -2.25. The minimum atomic E-state index is 0.137. The van der Waals surface area contributed by atoms with Crippen molar-refractivity contribution in [3.8, 4) is 0 Å². The Balaban J connectivity index is 1.78. The fourth-order valence-electron chi connectivity index (χ4n) is 3.53. The first-order valence-corrected chi connectivity index (χ1v) is 8.33.